The summed E-state index contributed by atoms with van der Waals surface area (Å²) in [6.45, 7) is 4.88. The van der Waals surface area contributed by atoms with Gasteiger partial charge in [-0.15, -0.1) is 0 Å². The number of hydrogen-bond donors (Lipinski definition) is 3. The Balaban J connectivity index is 2.96. The van der Waals surface area contributed by atoms with Gasteiger partial charge in [-0.25, -0.2) is 8.42 Å². The molecule has 0 aliphatic carbocycles. The second-order valence-electron chi connectivity index (χ2n) is 3.31. The van der Waals surface area contributed by atoms with Crippen LogP contribution in [0.1, 0.15) is 19.5 Å². The minimum Gasteiger partial charge on any atom is -0.394 e. The average molecular weight is 218 g/mol. The third-order valence-electron chi connectivity index (χ3n) is 1.85. The van der Waals surface area contributed by atoms with Crippen LogP contribution >= 0.6 is 0 Å². The van der Waals surface area contributed by atoms with Gasteiger partial charge < -0.3 is 5.73 Å². The molecule has 0 spiro atoms. The van der Waals surface area contributed by atoms with E-state index >= 15 is 0 Å². The first-order chi connectivity index (χ1) is 6.34. The molecule has 0 bridgehead atoms. The first kappa shape index (κ1) is 10.8. The summed E-state index contributed by atoms with van der Waals surface area (Å²) >= 11 is 0. The maximum Gasteiger partial charge on any atom is 0.236 e. The van der Waals surface area contributed by atoms with Gasteiger partial charge >= 0.3 is 0 Å². The van der Waals surface area contributed by atoms with E-state index in [9.17, 15) is 8.42 Å². The molecule has 1 aromatic heterocycles. The summed E-state index contributed by atoms with van der Waals surface area (Å²) in [7, 11) is -3.37. The molecular formula is C7H14N4O2S. The Kier molecular flexibility index (Phi) is 2.70. The van der Waals surface area contributed by atoms with E-state index in [1.165, 1.54) is 0 Å². The number of nitrogens with two attached hydrogens (primary N) is 1. The first-order valence-electron chi connectivity index (χ1n) is 4.16. The Labute approximate surface area is 82.9 Å². The lowest BCUT2D eigenvalue weighted by atomic mass is 10.4. The monoisotopic (exact) mass is 218 g/mol. The van der Waals surface area contributed by atoms with Gasteiger partial charge in [-0.1, -0.05) is 0 Å². The first-order valence-corrected chi connectivity index (χ1v) is 5.71. The SMILES string of the molecule is Cc1[nH]nc(NS(=O)(=O)C(C)C)c1N. The van der Waals surface area contributed by atoms with Crippen molar-refractivity contribution in [2.24, 2.45) is 0 Å². The number of anilines is 2. The van der Waals surface area contributed by atoms with Crippen molar-refractivity contribution < 1.29 is 8.42 Å². The molecule has 0 aliphatic heterocycles. The Hall–Kier alpha value is -1.24. The van der Waals surface area contributed by atoms with Crippen molar-refractivity contribution in [2.75, 3.05) is 10.5 Å². The van der Waals surface area contributed by atoms with Gasteiger partial charge in [0.1, 0.15) is 0 Å². The number of sulfonamides is 1. The van der Waals surface area contributed by atoms with Crippen LogP contribution in [0.15, 0.2) is 0 Å². The average Bonchev–Trinajstić information content (AvgIpc) is 2.35. The Morgan fingerprint density at radius 3 is 2.43 bits per heavy atom. The molecule has 6 nitrogen and oxygen atoms in total. The molecule has 0 saturated carbocycles. The Morgan fingerprint density at radius 1 is 1.50 bits per heavy atom. The van der Waals surface area contributed by atoms with Gasteiger partial charge in [0, 0.05) is 0 Å². The summed E-state index contributed by atoms with van der Waals surface area (Å²) in [6.07, 6.45) is 0. The molecular weight excluding hydrogens is 204 g/mol. The number of aromatic amines is 1. The predicted octanol–water partition coefficient (Wildman–Crippen LogP) is 0.450. The Morgan fingerprint density at radius 2 is 2.07 bits per heavy atom. The fourth-order valence-corrected chi connectivity index (χ4v) is 1.43. The quantitative estimate of drug-likeness (QED) is 0.685. The molecule has 4 N–H and O–H groups in total. The number of nitrogens with one attached hydrogen (secondary N) is 2. The molecule has 0 aromatic carbocycles. The maximum atomic E-state index is 11.4. The normalized spacial score (nSPS) is 12.0. The van der Waals surface area contributed by atoms with Crippen LogP contribution in [0.3, 0.4) is 0 Å². The summed E-state index contributed by atoms with van der Waals surface area (Å²) in [5, 5.41) is 5.82. The van der Waals surface area contributed by atoms with Crippen molar-refractivity contribution in [1.29, 1.82) is 0 Å². The van der Waals surface area contributed by atoms with E-state index in [-0.39, 0.29) is 5.82 Å². The number of hydrogen-bond acceptors (Lipinski definition) is 4. The van der Waals surface area contributed by atoms with E-state index in [2.05, 4.69) is 14.9 Å². The van der Waals surface area contributed by atoms with Crippen molar-refractivity contribution >= 4 is 21.5 Å². The van der Waals surface area contributed by atoms with Crippen molar-refractivity contribution in [3.8, 4) is 0 Å². The van der Waals surface area contributed by atoms with Gasteiger partial charge in [-0.05, 0) is 20.8 Å². The summed E-state index contributed by atoms with van der Waals surface area (Å²) in [6, 6.07) is 0. The minimum absolute atomic E-state index is 0.163. The van der Waals surface area contributed by atoms with Gasteiger partial charge in [-0.3, -0.25) is 9.82 Å². The van der Waals surface area contributed by atoms with E-state index in [0.29, 0.717) is 11.4 Å². The third-order valence-corrected chi connectivity index (χ3v) is 3.57. The van der Waals surface area contributed by atoms with Crippen molar-refractivity contribution in [2.45, 2.75) is 26.0 Å². The molecule has 0 fully saturated rings. The summed E-state index contributed by atoms with van der Waals surface area (Å²) in [5.41, 5.74) is 6.56. The fraction of sp³-hybridized carbons (Fsp3) is 0.571. The van der Waals surface area contributed by atoms with Gasteiger partial charge in [0.25, 0.3) is 0 Å². The summed E-state index contributed by atoms with van der Waals surface area (Å²) < 4.78 is 25.2. The Bertz CT molecular complexity index is 421. The molecule has 0 atom stereocenters. The van der Waals surface area contributed by atoms with Crippen molar-refractivity contribution in [1.82, 2.24) is 10.2 Å². The van der Waals surface area contributed by atoms with Gasteiger partial charge in [-0.2, -0.15) is 5.10 Å². The zero-order valence-electron chi connectivity index (χ0n) is 8.33. The molecule has 0 unspecified atom stereocenters. The van der Waals surface area contributed by atoms with Crippen molar-refractivity contribution in [3.05, 3.63) is 5.69 Å². The third kappa shape index (κ3) is 1.98. The highest BCUT2D eigenvalue weighted by Gasteiger charge is 2.18. The van der Waals surface area contributed by atoms with Crippen LogP contribution in [-0.2, 0) is 10.0 Å². The fourth-order valence-electron chi connectivity index (χ4n) is 0.768. The van der Waals surface area contributed by atoms with Crippen LogP contribution in [0.2, 0.25) is 0 Å². The van der Waals surface area contributed by atoms with Gasteiger partial charge in [0.15, 0.2) is 5.82 Å². The molecule has 0 saturated heterocycles. The topological polar surface area (TPSA) is 101 Å². The molecule has 14 heavy (non-hydrogen) atoms. The van der Waals surface area contributed by atoms with Crippen LogP contribution in [0.5, 0.6) is 0 Å². The molecule has 0 radical (unpaired) electrons. The molecule has 1 aromatic rings. The number of nitrogens with zero attached hydrogens (tertiary/aromatic N) is 1. The zero-order chi connectivity index (χ0) is 10.9. The van der Waals surface area contributed by atoms with E-state index in [1.54, 1.807) is 20.8 Å². The largest absolute Gasteiger partial charge is 0.394 e. The predicted molar refractivity (Wildman–Crippen MR) is 55.4 cm³/mol. The second-order valence-corrected chi connectivity index (χ2v) is 5.54. The summed E-state index contributed by atoms with van der Waals surface area (Å²) in [4.78, 5) is 0. The molecule has 80 valence electrons. The zero-order valence-corrected chi connectivity index (χ0v) is 9.14. The maximum absolute atomic E-state index is 11.4. The number of rotatable bonds is 3. The number of aromatic nitrogens is 2. The lowest BCUT2D eigenvalue weighted by Crippen LogP contribution is -2.23. The van der Waals surface area contributed by atoms with E-state index in [0.717, 1.165) is 0 Å². The smallest absolute Gasteiger partial charge is 0.236 e. The molecule has 0 aliphatic rings. The summed E-state index contributed by atoms with van der Waals surface area (Å²) in [5.74, 6) is 0.163. The van der Waals surface area contributed by atoms with Crippen LogP contribution in [0.4, 0.5) is 11.5 Å². The molecule has 0 amide bonds. The highest BCUT2D eigenvalue weighted by Crippen LogP contribution is 2.19. The molecule has 1 rings (SSSR count). The van der Waals surface area contributed by atoms with Crippen LogP contribution in [0.25, 0.3) is 0 Å². The molecule has 1 heterocycles. The van der Waals surface area contributed by atoms with Crippen molar-refractivity contribution in [3.63, 3.8) is 0 Å². The van der Waals surface area contributed by atoms with Gasteiger partial charge in [0.2, 0.25) is 10.0 Å². The van der Waals surface area contributed by atoms with Crippen LogP contribution in [-0.4, -0.2) is 23.9 Å². The highest BCUT2D eigenvalue weighted by molar-refractivity contribution is 7.93. The van der Waals surface area contributed by atoms with E-state index in [4.69, 9.17) is 5.73 Å². The lowest BCUT2D eigenvalue weighted by molar-refractivity contribution is 0.592. The lowest BCUT2D eigenvalue weighted by Gasteiger charge is -2.08. The van der Waals surface area contributed by atoms with E-state index in [1.807, 2.05) is 0 Å². The second kappa shape index (κ2) is 3.49. The minimum atomic E-state index is -3.37. The number of aryl methyl sites for hydroxylation is 1. The highest BCUT2D eigenvalue weighted by atomic mass is 32.2. The standard InChI is InChI=1S/C7H14N4O2S/c1-4(2)14(12,13)11-7-6(8)5(3)9-10-7/h4H,8H2,1-3H3,(H2,9,10,11). The van der Waals surface area contributed by atoms with Gasteiger partial charge in [0.05, 0.1) is 16.6 Å². The van der Waals surface area contributed by atoms with E-state index < -0.39 is 15.3 Å². The molecule has 7 heteroatoms. The number of nitrogen functional groups attached to an aromatic ring is 1. The van der Waals surface area contributed by atoms with Crippen LogP contribution in [0, 0.1) is 6.92 Å². The van der Waals surface area contributed by atoms with Crippen LogP contribution < -0.4 is 10.5 Å². The number of H-pyrrole nitrogens is 1.